The molecule has 0 saturated carbocycles. The molecule has 2 N–H and O–H groups in total. The van der Waals surface area contributed by atoms with E-state index in [-0.39, 0.29) is 18.3 Å². The summed E-state index contributed by atoms with van der Waals surface area (Å²) in [4.78, 5) is 11.7. The van der Waals surface area contributed by atoms with Crippen LogP contribution in [0.1, 0.15) is 28.4 Å². The van der Waals surface area contributed by atoms with Crippen molar-refractivity contribution >= 4 is 29.0 Å². The van der Waals surface area contributed by atoms with E-state index in [4.69, 9.17) is 17.0 Å². The Balaban J connectivity index is 1.91. The van der Waals surface area contributed by atoms with Crippen LogP contribution in [-0.4, -0.2) is 17.7 Å². The Labute approximate surface area is 154 Å². The van der Waals surface area contributed by atoms with Crippen LogP contribution >= 0.6 is 12.2 Å². The number of carbonyl (C=O) groups is 1. The topological polar surface area (TPSA) is 50.4 Å². The fraction of sp³-hybridized carbons (Fsp3) is 0.222. The summed E-state index contributed by atoms with van der Waals surface area (Å²) in [5, 5.41) is 6.10. The van der Waals surface area contributed by atoms with Crippen molar-refractivity contribution < 1.29 is 22.7 Å². The minimum Gasteiger partial charge on any atom is -0.462 e. The van der Waals surface area contributed by atoms with Crippen molar-refractivity contribution in [1.29, 1.82) is 0 Å². The molecule has 0 bridgehead atoms. The van der Waals surface area contributed by atoms with Crippen molar-refractivity contribution in [3.8, 4) is 0 Å². The molecule has 0 atom stereocenters. The summed E-state index contributed by atoms with van der Waals surface area (Å²) in [5.41, 5.74) is 0.947. The molecule has 0 amide bonds. The van der Waals surface area contributed by atoms with E-state index in [1.165, 1.54) is 12.1 Å². The minimum atomic E-state index is -4.35. The second-order valence-corrected chi connectivity index (χ2v) is 5.71. The van der Waals surface area contributed by atoms with Crippen LogP contribution in [0.4, 0.5) is 18.9 Å². The van der Waals surface area contributed by atoms with Gasteiger partial charge in [-0.1, -0.05) is 18.2 Å². The lowest BCUT2D eigenvalue weighted by Gasteiger charge is -2.12. The molecule has 0 saturated heterocycles. The maximum Gasteiger partial charge on any atom is 0.416 e. The molecule has 0 aromatic heterocycles. The molecule has 0 fully saturated rings. The highest BCUT2D eigenvalue weighted by atomic mass is 32.1. The number of nitrogens with one attached hydrogen (secondary N) is 2. The molecule has 26 heavy (non-hydrogen) atoms. The fourth-order valence-corrected chi connectivity index (χ4v) is 2.30. The first-order valence-electron chi connectivity index (χ1n) is 7.77. The third-order valence-electron chi connectivity index (χ3n) is 3.37. The van der Waals surface area contributed by atoms with E-state index in [1.807, 2.05) is 0 Å². The summed E-state index contributed by atoms with van der Waals surface area (Å²) < 4.78 is 42.5. The number of alkyl halides is 3. The van der Waals surface area contributed by atoms with Crippen molar-refractivity contribution in [2.24, 2.45) is 0 Å². The minimum absolute atomic E-state index is 0.265. The van der Waals surface area contributed by atoms with E-state index in [0.29, 0.717) is 16.8 Å². The van der Waals surface area contributed by atoms with Crippen LogP contribution in [0.5, 0.6) is 0 Å². The van der Waals surface area contributed by atoms with Gasteiger partial charge in [0.25, 0.3) is 0 Å². The molecule has 138 valence electrons. The van der Waals surface area contributed by atoms with E-state index in [1.54, 1.807) is 31.2 Å². The molecule has 0 radical (unpaired) electrons. The summed E-state index contributed by atoms with van der Waals surface area (Å²) >= 11 is 5.16. The second kappa shape index (κ2) is 8.66. The van der Waals surface area contributed by atoms with Crippen LogP contribution in [0.25, 0.3) is 0 Å². The molecule has 0 aliphatic carbocycles. The number of ether oxygens (including phenoxy) is 1. The van der Waals surface area contributed by atoms with Crippen molar-refractivity contribution in [2.75, 3.05) is 11.9 Å². The lowest BCUT2D eigenvalue weighted by Crippen LogP contribution is -2.28. The second-order valence-electron chi connectivity index (χ2n) is 5.30. The predicted molar refractivity (Wildman–Crippen MR) is 96.9 cm³/mol. The van der Waals surface area contributed by atoms with Gasteiger partial charge in [0, 0.05) is 12.2 Å². The number of benzene rings is 2. The van der Waals surface area contributed by atoms with Gasteiger partial charge in [-0.3, -0.25) is 0 Å². The molecule has 0 unspecified atom stereocenters. The Hall–Kier alpha value is -2.61. The Bertz CT molecular complexity index is 777. The number of carbonyl (C=O) groups excluding carboxylic acids is 1. The van der Waals surface area contributed by atoms with Gasteiger partial charge in [-0.25, -0.2) is 4.79 Å². The molecule has 0 heterocycles. The number of thiocarbonyl (C=S) groups is 1. The lowest BCUT2D eigenvalue weighted by atomic mass is 10.1. The van der Waals surface area contributed by atoms with Crippen LogP contribution in [0.2, 0.25) is 0 Å². The van der Waals surface area contributed by atoms with E-state index in [9.17, 15) is 18.0 Å². The number of halogens is 3. The van der Waals surface area contributed by atoms with Crippen molar-refractivity contribution in [1.82, 2.24) is 5.32 Å². The molecule has 2 rings (SSSR count). The molecule has 0 spiro atoms. The van der Waals surface area contributed by atoms with Gasteiger partial charge >= 0.3 is 12.1 Å². The quantitative estimate of drug-likeness (QED) is 0.594. The number of hydrogen-bond donors (Lipinski definition) is 2. The Morgan fingerprint density at radius 3 is 2.46 bits per heavy atom. The van der Waals surface area contributed by atoms with Crippen LogP contribution in [0.15, 0.2) is 48.5 Å². The molecule has 0 aliphatic rings. The SMILES string of the molecule is CCOC(=O)c1cccc(NC(=S)NCc2ccc(C(F)(F)F)cc2)c1. The Kier molecular flexibility index (Phi) is 6.57. The average molecular weight is 382 g/mol. The monoisotopic (exact) mass is 382 g/mol. The zero-order chi connectivity index (χ0) is 19.2. The van der Waals surface area contributed by atoms with Crippen molar-refractivity contribution in [3.05, 3.63) is 65.2 Å². The number of esters is 1. The average Bonchev–Trinajstić information content (AvgIpc) is 2.60. The number of anilines is 1. The zero-order valence-electron chi connectivity index (χ0n) is 13.9. The highest BCUT2D eigenvalue weighted by Crippen LogP contribution is 2.29. The fourth-order valence-electron chi connectivity index (χ4n) is 2.11. The Morgan fingerprint density at radius 2 is 1.85 bits per heavy atom. The van der Waals surface area contributed by atoms with Crippen LogP contribution < -0.4 is 10.6 Å². The molecule has 2 aromatic rings. The van der Waals surface area contributed by atoms with Crippen molar-refractivity contribution in [2.45, 2.75) is 19.6 Å². The highest BCUT2D eigenvalue weighted by molar-refractivity contribution is 7.80. The summed E-state index contributed by atoms with van der Waals surface area (Å²) in [6.07, 6.45) is -4.35. The predicted octanol–water partition coefficient (Wildman–Crippen LogP) is 4.37. The number of hydrogen-bond acceptors (Lipinski definition) is 3. The van der Waals surface area contributed by atoms with Gasteiger partial charge in [0.1, 0.15) is 0 Å². The smallest absolute Gasteiger partial charge is 0.416 e. The lowest BCUT2D eigenvalue weighted by molar-refractivity contribution is -0.137. The molecule has 2 aromatic carbocycles. The van der Waals surface area contributed by atoms with E-state index in [2.05, 4.69) is 10.6 Å². The van der Waals surface area contributed by atoms with Crippen molar-refractivity contribution in [3.63, 3.8) is 0 Å². The third kappa shape index (κ3) is 5.73. The van der Waals surface area contributed by atoms with Crippen LogP contribution in [-0.2, 0) is 17.5 Å². The standard InChI is InChI=1S/C18H17F3N2O2S/c1-2-25-16(24)13-4-3-5-15(10-13)23-17(26)22-11-12-6-8-14(9-7-12)18(19,20)21/h3-10H,2,11H2,1H3,(H2,22,23,26). The summed E-state index contributed by atoms with van der Waals surface area (Å²) in [7, 11) is 0. The van der Waals surface area contributed by atoms with Crippen LogP contribution in [0.3, 0.4) is 0 Å². The van der Waals surface area contributed by atoms with E-state index < -0.39 is 17.7 Å². The first-order chi connectivity index (χ1) is 12.3. The first kappa shape index (κ1) is 19.7. The third-order valence-corrected chi connectivity index (χ3v) is 3.61. The van der Waals surface area contributed by atoms with Gasteiger partial charge in [-0.2, -0.15) is 13.2 Å². The van der Waals surface area contributed by atoms with Gasteiger partial charge in [0.2, 0.25) is 0 Å². The molecule has 8 heteroatoms. The van der Waals surface area contributed by atoms with Crippen LogP contribution in [0, 0.1) is 0 Å². The van der Waals surface area contributed by atoms with E-state index >= 15 is 0 Å². The normalized spacial score (nSPS) is 10.9. The summed E-state index contributed by atoms with van der Waals surface area (Å²) in [6, 6.07) is 11.5. The van der Waals surface area contributed by atoms with Gasteiger partial charge in [0.05, 0.1) is 17.7 Å². The molecule has 0 aliphatic heterocycles. The largest absolute Gasteiger partial charge is 0.462 e. The van der Waals surface area contributed by atoms with Gasteiger partial charge in [0.15, 0.2) is 5.11 Å². The van der Waals surface area contributed by atoms with E-state index in [0.717, 1.165) is 12.1 Å². The van der Waals surface area contributed by atoms with Gasteiger partial charge in [-0.15, -0.1) is 0 Å². The molecular weight excluding hydrogens is 365 g/mol. The summed E-state index contributed by atoms with van der Waals surface area (Å²) in [6.45, 7) is 2.27. The van der Waals surface area contributed by atoms with Gasteiger partial charge in [-0.05, 0) is 55.0 Å². The molecular formula is C18H17F3N2O2S. The maximum absolute atomic E-state index is 12.5. The molecule has 4 nitrogen and oxygen atoms in total. The van der Waals surface area contributed by atoms with Gasteiger partial charge < -0.3 is 15.4 Å². The first-order valence-corrected chi connectivity index (χ1v) is 8.18. The summed E-state index contributed by atoms with van der Waals surface area (Å²) in [5.74, 6) is -0.431. The Morgan fingerprint density at radius 1 is 1.15 bits per heavy atom. The highest BCUT2D eigenvalue weighted by Gasteiger charge is 2.29. The number of rotatable bonds is 5. The maximum atomic E-state index is 12.5. The zero-order valence-corrected chi connectivity index (χ0v) is 14.7.